The zero-order valence-electron chi connectivity index (χ0n) is 14.6. The van der Waals surface area contributed by atoms with Crippen LogP contribution in [0.25, 0.3) is 0 Å². The molecule has 25 heavy (non-hydrogen) atoms. The lowest BCUT2D eigenvalue weighted by atomic mass is 9.83. The molecule has 1 aliphatic carbocycles. The third-order valence-corrected chi connectivity index (χ3v) is 6.13. The minimum absolute atomic E-state index is 0.309. The number of nitrogens with zero attached hydrogens (tertiary/aromatic N) is 3. The molecule has 0 radical (unpaired) electrons. The van der Waals surface area contributed by atoms with Crippen LogP contribution in [0.3, 0.4) is 0 Å². The Morgan fingerprint density at radius 3 is 2.68 bits per heavy atom. The molecule has 1 amide bonds. The molecule has 1 saturated heterocycles. The Morgan fingerprint density at radius 1 is 1.24 bits per heavy atom. The number of amides is 1. The maximum absolute atomic E-state index is 12.4. The van der Waals surface area contributed by atoms with E-state index in [2.05, 4.69) is 27.3 Å². The molecule has 0 atom stereocenters. The molecule has 2 aliphatic rings. The van der Waals surface area contributed by atoms with Gasteiger partial charge in [0.1, 0.15) is 5.82 Å². The van der Waals surface area contributed by atoms with Gasteiger partial charge in [0.25, 0.3) is 0 Å². The molecule has 0 unspecified atom stereocenters. The number of carbonyl (C=O) groups is 1. The second kappa shape index (κ2) is 7.12. The number of rotatable bonds is 4. The smallest absolute Gasteiger partial charge is 0.225 e. The molecular formula is C19H24N4OS. The maximum Gasteiger partial charge on any atom is 0.225 e. The van der Waals surface area contributed by atoms with Gasteiger partial charge in [-0.1, -0.05) is 12.5 Å². The quantitative estimate of drug-likeness (QED) is 0.896. The summed E-state index contributed by atoms with van der Waals surface area (Å²) in [5, 5.41) is 4.17. The van der Waals surface area contributed by atoms with Gasteiger partial charge in [0.15, 0.2) is 5.13 Å². The van der Waals surface area contributed by atoms with Gasteiger partial charge in [-0.2, -0.15) is 0 Å². The lowest BCUT2D eigenvalue weighted by Gasteiger charge is -2.36. The molecule has 1 saturated carbocycles. The summed E-state index contributed by atoms with van der Waals surface area (Å²) in [5.41, 5.74) is 1.12. The van der Waals surface area contributed by atoms with E-state index in [4.69, 9.17) is 4.98 Å². The van der Waals surface area contributed by atoms with Crippen molar-refractivity contribution in [2.45, 2.75) is 44.9 Å². The van der Waals surface area contributed by atoms with Crippen LogP contribution in [0.1, 0.15) is 48.6 Å². The summed E-state index contributed by atoms with van der Waals surface area (Å²) in [6.45, 7) is 3.78. The van der Waals surface area contributed by atoms with E-state index in [0.717, 1.165) is 55.4 Å². The largest absolute Gasteiger partial charge is 0.342 e. The van der Waals surface area contributed by atoms with Gasteiger partial charge >= 0.3 is 0 Å². The molecule has 0 aromatic carbocycles. The van der Waals surface area contributed by atoms with E-state index in [0.29, 0.717) is 17.7 Å². The molecule has 1 N–H and O–H groups in total. The molecule has 2 fully saturated rings. The second-order valence-corrected chi connectivity index (χ2v) is 8.31. The fourth-order valence-corrected chi connectivity index (χ4v) is 4.25. The molecule has 0 bridgehead atoms. The number of pyridine rings is 1. The summed E-state index contributed by atoms with van der Waals surface area (Å²) >= 11 is 1.63. The molecule has 2 aromatic heterocycles. The Balaban J connectivity index is 1.37. The molecule has 6 heteroatoms. The molecule has 0 spiro atoms. The van der Waals surface area contributed by atoms with Gasteiger partial charge in [-0.05, 0) is 44.7 Å². The number of aryl methyl sites for hydroxylation is 1. The Morgan fingerprint density at radius 2 is 2.04 bits per heavy atom. The zero-order valence-corrected chi connectivity index (χ0v) is 15.4. The molecule has 1 aliphatic heterocycles. The first-order valence-electron chi connectivity index (χ1n) is 9.14. The number of piperidine rings is 1. The van der Waals surface area contributed by atoms with E-state index < -0.39 is 0 Å². The normalized spacial score (nSPS) is 18.8. The Labute approximate surface area is 152 Å². The number of likely N-dealkylation sites (tertiary alicyclic amines) is 1. The Kier molecular flexibility index (Phi) is 4.70. The Bertz CT molecular complexity index is 747. The molecule has 5 nitrogen and oxygen atoms in total. The van der Waals surface area contributed by atoms with Gasteiger partial charge in [0.05, 0.1) is 0 Å². The average Bonchev–Trinajstić information content (AvgIpc) is 2.98. The first-order chi connectivity index (χ1) is 12.2. The van der Waals surface area contributed by atoms with Gasteiger partial charge in [-0.15, -0.1) is 11.3 Å². The van der Waals surface area contributed by atoms with E-state index in [1.807, 2.05) is 19.2 Å². The standard InChI is InChI=1S/C19H24N4OS/c1-13-12-20-19(25-13)22-17-7-3-6-16(21-17)14-8-10-23(11-9-14)18(24)15-4-2-5-15/h3,6-7,12,14-15H,2,4-5,8-11H2,1H3,(H,20,21,22). The first kappa shape index (κ1) is 16.5. The lowest BCUT2D eigenvalue weighted by molar-refractivity contribution is -0.139. The van der Waals surface area contributed by atoms with E-state index in [9.17, 15) is 4.79 Å². The van der Waals surface area contributed by atoms with Crippen molar-refractivity contribution in [2.24, 2.45) is 5.92 Å². The zero-order chi connectivity index (χ0) is 17.2. The monoisotopic (exact) mass is 356 g/mol. The van der Waals surface area contributed by atoms with Crippen molar-refractivity contribution < 1.29 is 4.79 Å². The molecule has 3 heterocycles. The summed E-state index contributed by atoms with van der Waals surface area (Å²) in [6, 6.07) is 6.14. The third kappa shape index (κ3) is 3.68. The first-order valence-corrected chi connectivity index (χ1v) is 9.96. The van der Waals surface area contributed by atoms with Gasteiger partial charge in [0.2, 0.25) is 5.91 Å². The van der Waals surface area contributed by atoms with Crippen LogP contribution in [0.2, 0.25) is 0 Å². The van der Waals surface area contributed by atoms with Gasteiger partial charge in [-0.3, -0.25) is 4.79 Å². The van der Waals surface area contributed by atoms with Crippen LogP contribution in [0.5, 0.6) is 0 Å². The fraction of sp³-hybridized carbons (Fsp3) is 0.526. The highest BCUT2D eigenvalue weighted by molar-refractivity contribution is 7.15. The SMILES string of the molecule is Cc1cnc(Nc2cccc(C3CCN(C(=O)C4CCC4)CC3)n2)s1. The number of anilines is 2. The lowest BCUT2D eigenvalue weighted by Crippen LogP contribution is -2.43. The minimum atomic E-state index is 0.309. The highest BCUT2D eigenvalue weighted by Gasteiger charge is 2.32. The van der Waals surface area contributed by atoms with Crippen molar-refractivity contribution in [3.05, 3.63) is 35.0 Å². The molecule has 132 valence electrons. The second-order valence-electron chi connectivity index (χ2n) is 7.08. The van der Waals surface area contributed by atoms with E-state index in [1.54, 1.807) is 11.3 Å². The minimum Gasteiger partial charge on any atom is -0.342 e. The summed E-state index contributed by atoms with van der Waals surface area (Å²) in [7, 11) is 0. The molecule has 2 aromatic rings. The van der Waals surface area contributed by atoms with Crippen molar-refractivity contribution in [3.8, 4) is 0 Å². The summed E-state index contributed by atoms with van der Waals surface area (Å²) in [6.07, 6.45) is 7.27. The van der Waals surface area contributed by atoms with E-state index >= 15 is 0 Å². The van der Waals surface area contributed by atoms with Crippen molar-refractivity contribution in [1.29, 1.82) is 0 Å². The van der Waals surface area contributed by atoms with Crippen LogP contribution in [0.15, 0.2) is 24.4 Å². The van der Waals surface area contributed by atoms with Crippen molar-refractivity contribution in [3.63, 3.8) is 0 Å². The third-order valence-electron chi connectivity index (χ3n) is 5.31. The summed E-state index contributed by atoms with van der Waals surface area (Å²) < 4.78 is 0. The van der Waals surface area contributed by atoms with Crippen LogP contribution in [-0.4, -0.2) is 33.9 Å². The molecule has 4 rings (SSSR count). The van der Waals surface area contributed by atoms with Crippen LogP contribution in [-0.2, 0) is 4.79 Å². The van der Waals surface area contributed by atoms with E-state index in [1.165, 1.54) is 11.3 Å². The van der Waals surface area contributed by atoms with Crippen molar-refractivity contribution in [2.75, 3.05) is 18.4 Å². The van der Waals surface area contributed by atoms with Crippen molar-refractivity contribution >= 4 is 28.2 Å². The van der Waals surface area contributed by atoms with Crippen LogP contribution >= 0.6 is 11.3 Å². The topological polar surface area (TPSA) is 58.1 Å². The summed E-state index contributed by atoms with van der Waals surface area (Å²) in [5.74, 6) is 1.97. The maximum atomic E-state index is 12.4. The van der Waals surface area contributed by atoms with Crippen molar-refractivity contribution in [1.82, 2.24) is 14.9 Å². The van der Waals surface area contributed by atoms with Gasteiger partial charge in [0, 0.05) is 41.7 Å². The number of nitrogens with one attached hydrogen (secondary N) is 1. The van der Waals surface area contributed by atoms with E-state index in [-0.39, 0.29) is 0 Å². The number of hydrogen-bond donors (Lipinski definition) is 1. The number of thiazole rings is 1. The predicted octanol–water partition coefficient (Wildman–Crippen LogP) is 4.10. The van der Waals surface area contributed by atoms with Gasteiger partial charge < -0.3 is 10.2 Å². The highest BCUT2D eigenvalue weighted by Crippen LogP contribution is 2.32. The van der Waals surface area contributed by atoms with Crippen LogP contribution < -0.4 is 5.32 Å². The van der Waals surface area contributed by atoms with Gasteiger partial charge in [-0.25, -0.2) is 9.97 Å². The highest BCUT2D eigenvalue weighted by atomic mass is 32.1. The fourth-order valence-electron chi connectivity index (χ4n) is 3.58. The van der Waals surface area contributed by atoms with Crippen LogP contribution in [0.4, 0.5) is 10.9 Å². The predicted molar refractivity (Wildman–Crippen MR) is 100 cm³/mol. The average molecular weight is 356 g/mol. The number of hydrogen-bond acceptors (Lipinski definition) is 5. The number of carbonyl (C=O) groups excluding carboxylic acids is 1. The Hall–Kier alpha value is -1.95. The number of aromatic nitrogens is 2. The van der Waals surface area contributed by atoms with Crippen LogP contribution in [0, 0.1) is 12.8 Å². The summed E-state index contributed by atoms with van der Waals surface area (Å²) in [4.78, 5) is 24.8. The molecular weight excluding hydrogens is 332 g/mol.